The lowest BCUT2D eigenvalue weighted by atomic mass is 10.1. The summed E-state index contributed by atoms with van der Waals surface area (Å²) in [5, 5.41) is 12.9. The largest absolute Gasteiger partial charge is 0.378 e. The molecule has 0 radical (unpaired) electrons. The fourth-order valence-corrected chi connectivity index (χ4v) is 4.27. The van der Waals surface area contributed by atoms with E-state index in [1.54, 1.807) is 24.3 Å². The predicted molar refractivity (Wildman–Crippen MR) is 127 cm³/mol. The molecule has 10 heteroatoms. The van der Waals surface area contributed by atoms with Crippen LogP contribution in [0.3, 0.4) is 0 Å². The third-order valence-corrected chi connectivity index (χ3v) is 6.41. The van der Waals surface area contributed by atoms with Gasteiger partial charge in [-0.25, -0.2) is 0 Å². The van der Waals surface area contributed by atoms with Crippen LogP contribution in [-0.2, 0) is 14.9 Å². The first kappa shape index (κ1) is 23.8. The summed E-state index contributed by atoms with van der Waals surface area (Å²) in [6, 6.07) is 18.3. The van der Waals surface area contributed by atoms with E-state index in [2.05, 4.69) is 21.2 Å². The van der Waals surface area contributed by atoms with Gasteiger partial charge in [0.25, 0.3) is 5.91 Å². The standard InChI is InChI=1S/C22H13BrCl2N2O4S/c23-20-12-14(11-15(13-26)22(28)27-18-6-2-16(24)3-7-18)1-10-21(20)31-32(29,30)19-8-4-17(25)5-9-19/h1-12H,(H,27,28)/b15-11+. The Hall–Kier alpha value is -2.83. The van der Waals surface area contributed by atoms with Crippen LogP contribution >= 0.6 is 39.1 Å². The van der Waals surface area contributed by atoms with Crippen LogP contribution in [0.25, 0.3) is 6.08 Å². The molecule has 162 valence electrons. The Kier molecular flexibility index (Phi) is 7.59. The molecule has 3 aromatic carbocycles. The third kappa shape index (κ3) is 6.11. The molecule has 0 unspecified atom stereocenters. The Morgan fingerprint density at radius 2 is 1.59 bits per heavy atom. The van der Waals surface area contributed by atoms with Gasteiger partial charge in [-0.2, -0.15) is 13.7 Å². The molecule has 0 saturated carbocycles. The highest BCUT2D eigenvalue weighted by Crippen LogP contribution is 2.30. The summed E-state index contributed by atoms with van der Waals surface area (Å²) in [6.45, 7) is 0. The van der Waals surface area contributed by atoms with Gasteiger partial charge in [0, 0.05) is 15.7 Å². The molecule has 3 rings (SSSR count). The Morgan fingerprint density at radius 3 is 2.16 bits per heavy atom. The summed E-state index contributed by atoms with van der Waals surface area (Å²) in [6.07, 6.45) is 1.37. The van der Waals surface area contributed by atoms with E-state index in [-0.39, 0.29) is 16.2 Å². The summed E-state index contributed by atoms with van der Waals surface area (Å²) in [4.78, 5) is 12.3. The first-order chi connectivity index (χ1) is 15.2. The number of hydrogen-bond donors (Lipinski definition) is 1. The summed E-state index contributed by atoms with van der Waals surface area (Å²) in [7, 11) is -4.07. The lowest BCUT2D eigenvalue weighted by molar-refractivity contribution is -0.112. The average molecular weight is 552 g/mol. The Labute approximate surface area is 203 Å². The molecule has 0 aliphatic carbocycles. The summed E-state index contributed by atoms with van der Waals surface area (Å²) in [5.41, 5.74) is 0.822. The molecule has 0 aromatic heterocycles. The van der Waals surface area contributed by atoms with Gasteiger partial charge < -0.3 is 9.50 Å². The molecule has 1 N–H and O–H groups in total. The van der Waals surface area contributed by atoms with Crippen LogP contribution in [0.4, 0.5) is 5.69 Å². The number of carbonyl (C=O) groups excluding carboxylic acids is 1. The van der Waals surface area contributed by atoms with Crippen LogP contribution in [0, 0.1) is 11.3 Å². The lowest BCUT2D eigenvalue weighted by Crippen LogP contribution is -2.13. The average Bonchev–Trinajstić information content (AvgIpc) is 2.75. The number of rotatable bonds is 6. The van der Waals surface area contributed by atoms with Crippen molar-refractivity contribution in [1.29, 1.82) is 5.26 Å². The Morgan fingerprint density at radius 1 is 1.00 bits per heavy atom. The number of anilines is 1. The SMILES string of the molecule is N#C/C(=C\c1ccc(OS(=O)(=O)c2ccc(Cl)cc2)c(Br)c1)C(=O)Nc1ccc(Cl)cc1. The fourth-order valence-electron chi connectivity index (χ4n) is 2.49. The predicted octanol–water partition coefficient (Wildman–Crippen LogP) is 6.07. The quantitative estimate of drug-likeness (QED) is 0.228. The topological polar surface area (TPSA) is 96.3 Å². The zero-order valence-corrected chi connectivity index (χ0v) is 20.0. The van der Waals surface area contributed by atoms with E-state index in [1.807, 2.05) is 6.07 Å². The van der Waals surface area contributed by atoms with E-state index in [4.69, 9.17) is 27.4 Å². The Bertz CT molecular complexity index is 1330. The zero-order chi connectivity index (χ0) is 23.3. The molecular formula is C22H13BrCl2N2O4S. The molecular weight excluding hydrogens is 539 g/mol. The maximum atomic E-state index is 12.5. The van der Waals surface area contributed by atoms with E-state index in [0.29, 0.717) is 25.8 Å². The molecule has 0 atom stereocenters. The summed E-state index contributed by atoms with van der Waals surface area (Å²) in [5.74, 6) is -0.558. The van der Waals surface area contributed by atoms with Crippen LogP contribution in [0.5, 0.6) is 5.75 Å². The normalized spacial score (nSPS) is 11.5. The first-order valence-electron chi connectivity index (χ1n) is 8.86. The van der Waals surface area contributed by atoms with Crippen LogP contribution in [-0.4, -0.2) is 14.3 Å². The van der Waals surface area contributed by atoms with Crippen molar-refractivity contribution in [3.05, 3.63) is 92.4 Å². The van der Waals surface area contributed by atoms with Gasteiger partial charge in [0.15, 0.2) is 5.75 Å². The van der Waals surface area contributed by atoms with Gasteiger partial charge in [-0.15, -0.1) is 0 Å². The van der Waals surface area contributed by atoms with E-state index < -0.39 is 16.0 Å². The van der Waals surface area contributed by atoms with Crippen molar-refractivity contribution in [2.24, 2.45) is 0 Å². The van der Waals surface area contributed by atoms with Crippen molar-refractivity contribution in [3.63, 3.8) is 0 Å². The minimum atomic E-state index is -4.07. The zero-order valence-electron chi connectivity index (χ0n) is 16.1. The van der Waals surface area contributed by atoms with Crippen molar-refractivity contribution in [2.45, 2.75) is 4.90 Å². The van der Waals surface area contributed by atoms with Crippen LogP contribution in [0.2, 0.25) is 10.0 Å². The molecule has 0 saturated heterocycles. The van der Waals surface area contributed by atoms with Gasteiger partial charge in [0.2, 0.25) is 0 Å². The van der Waals surface area contributed by atoms with Crippen LogP contribution in [0.15, 0.2) is 81.7 Å². The second-order valence-electron chi connectivity index (χ2n) is 6.31. The smallest absolute Gasteiger partial charge is 0.339 e. The molecule has 1 amide bonds. The maximum Gasteiger partial charge on any atom is 0.339 e. The number of benzene rings is 3. The molecule has 0 aliphatic rings. The number of carbonyl (C=O) groups is 1. The molecule has 0 heterocycles. The lowest BCUT2D eigenvalue weighted by Gasteiger charge is -2.09. The number of nitriles is 1. The maximum absolute atomic E-state index is 12.5. The van der Waals surface area contributed by atoms with Gasteiger partial charge in [0.05, 0.1) is 4.47 Å². The molecule has 0 fully saturated rings. The number of nitrogens with one attached hydrogen (secondary N) is 1. The van der Waals surface area contributed by atoms with E-state index >= 15 is 0 Å². The summed E-state index contributed by atoms with van der Waals surface area (Å²) < 4.78 is 30.4. The third-order valence-electron chi connectivity index (χ3n) is 4.04. The molecule has 0 bridgehead atoms. The van der Waals surface area contributed by atoms with Gasteiger partial charge >= 0.3 is 10.1 Å². The highest BCUT2D eigenvalue weighted by Gasteiger charge is 2.18. The van der Waals surface area contributed by atoms with Crippen molar-refractivity contribution < 1.29 is 17.4 Å². The Balaban J connectivity index is 1.79. The van der Waals surface area contributed by atoms with E-state index in [0.717, 1.165) is 0 Å². The number of hydrogen-bond acceptors (Lipinski definition) is 5. The van der Waals surface area contributed by atoms with Crippen molar-refractivity contribution in [1.82, 2.24) is 0 Å². The minimum Gasteiger partial charge on any atom is -0.378 e. The monoisotopic (exact) mass is 550 g/mol. The molecule has 32 heavy (non-hydrogen) atoms. The number of halogens is 3. The molecule has 3 aromatic rings. The summed E-state index contributed by atoms with van der Waals surface area (Å²) >= 11 is 14.9. The second-order valence-corrected chi connectivity index (χ2v) is 9.59. The van der Waals surface area contributed by atoms with Gasteiger partial charge in [0.1, 0.15) is 16.5 Å². The van der Waals surface area contributed by atoms with E-state index in [1.165, 1.54) is 48.5 Å². The molecule has 0 spiro atoms. The fraction of sp³-hybridized carbons (Fsp3) is 0. The molecule has 0 aliphatic heterocycles. The number of amides is 1. The van der Waals surface area contributed by atoms with Crippen molar-refractivity contribution >= 4 is 66.9 Å². The first-order valence-corrected chi connectivity index (χ1v) is 11.8. The van der Waals surface area contributed by atoms with Gasteiger partial charge in [-0.05, 0) is 88.2 Å². The highest BCUT2D eigenvalue weighted by molar-refractivity contribution is 9.10. The highest BCUT2D eigenvalue weighted by atomic mass is 79.9. The van der Waals surface area contributed by atoms with Gasteiger partial charge in [-0.3, -0.25) is 4.79 Å². The van der Waals surface area contributed by atoms with Crippen molar-refractivity contribution in [2.75, 3.05) is 5.32 Å². The van der Waals surface area contributed by atoms with Crippen LogP contribution < -0.4 is 9.50 Å². The van der Waals surface area contributed by atoms with Crippen molar-refractivity contribution in [3.8, 4) is 11.8 Å². The second kappa shape index (κ2) is 10.2. The van der Waals surface area contributed by atoms with Gasteiger partial charge in [-0.1, -0.05) is 29.3 Å². The van der Waals surface area contributed by atoms with Crippen LogP contribution in [0.1, 0.15) is 5.56 Å². The number of nitrogens with zero attached hydrogens (tertiary/aromatic N) is 1. The van der Waals surface area contributed by atoms with E-state index in [9.17, 15) is 18.5 Å². The minimum absolute atomic E-state index is 0.0428. The molecule has 6 nitrogen and oxygen atoms in total.